The molecule has 0 amide bonds. The Kier molecular flexibility index (Phi) is 66.7. The van der Waals surface area contributed by atoms with Crippen molar-refractivity contribution < 1.29 is 28.6 Å². The van der Waals surface area contributed by atoms with Crippen LogP contribution in [-0.2, 0) is 28.6 Å². The predicted octanol–water partition coefficient (Wildman–Crippen LogP) is 24.3. The SMILES string of the molecule is CC/C=C\C/C=C\C/C=C\C/C=C\C/C=C\C/C=C\C/C=C\C/C=C\CCCCCCCCC(=O)OCC(COC(=O)CCCCCCCCCCCCCCCCC)OC(=O)CCCCCCCCCCC/C=C\C/C=C\CCCCC. The van der Waals surface area contributed by atoms with E-state index in [-0.39, 0.29) is 31.1 Å². The number of unbranched alkanes of at least 4 members (excludes halogenated alkanes) is 32. The summed E-state index contributed by atoms with van der Waals surface area (Å²) in [4.78, 5) is 38.4. The monoisotopic (exact) mass is 1150 g/mol. The van der Waals surface area contributed by atoms with E-state index >= 15 is 0 Å². The molecular formula is C77H130O6. The Hall–Kier alpha value is -4.19. The van der Waals surface area contributed by atoms with Crippen molar-refractivity contribution in [2.75, 3.05) is 13.2 Å². The first-order chi connectivity index (χ1) is 41.0. The fourth-order valence-corrected chi connectivity index (χ4v) is 9.73. The van der Waals surface area contributed by atoms with E-state index in [1.54, 1.807) is 0 Å². The Morgan fingerprint density at radius 3 is 0.759 bits per heavy atom. The standard InChI is InChI=1S/C77H130O6/c1-4-7-10-13-16-19-22-25-28-30-32-33-34-35-36-37-38-39-40-41-42-43-45-46-49-52-55-58-61-64-67-70-76(79)82-73-74(72-81-75(78)69-66-63-60-57-54-51-48-27-24-21-18-15-12-9-6-3)83-77(80)71-68-65-62-59-56-53-50-47-44-31-29-26-23-20-17-14-11-8-5-2/h7,10,16-17,19-20,25-26,28-29,32-33,35-36,38-39,41-42,45-46,74H,4-6,8-9,11-15,18,21-24,27,30-31,34,37,40,43-44,47-73H2,1-3H3/b10-7-,19-16-,20-17-,28-25-,29-26-,33-32-,36-35-,39-38-,42-41-,46-45-. The van der Waals surface area contributed by atoms with Gasteiger partial charge in [0.15, 0.2) is 6.10 Å². The Morgan fingerprint density at radius 1 is 0.253 bits per heavy atom. The fourth-order valence-electron chi connectivity index (χ4n) is 9.73. The highest BCUT2D eigenvalue weighted by Gasteiger charge is 2.19. The molecule has 1 unspecified atom stereocenters. The van der Waals surface area contributed by atoms with Crippen molar-refractivity contribution in [3.63, 3.8) is 0 Å². The van der Waals surface area contributed by atoms with E-state index in [4.69, 9.17) is 14.2 Å². The van der Waals surface area contributed by atoms with E-state index in [0.717, 1.165) is 128 Å². The minimum Gasteiger partial charge on any atom is -0.462 e. The number of carbonyl (C=O) groups excluding carboxylic acids is 3. The molecule has 0 bridgehead atoms. The molecule has 0 aliphatic heterocycles. The molecule has 0 saturated carbocycles. The summed E-state index contributed by atoms with van der Waals surface area (Å²) >= 11 is 0. The minimum absolute atomic E-state index is 0.0830. The minimum atomic E-state index is -0.789. The van der Waals surface area contributed by atoms with Gasteiger partial charge in [-0.15, -0.1) is 0 Å². The maximum absolute atomic E-state index is 12.9. The van der Waals surface area contributed by atoms with Crippen LogP contribution >= 0.6 is 0 Å². The molecule has 0 N–H and O–H groups in total. The quantitative estimate of drug-likeness (QED) is 0.0261. The van der Waals surface area contributed by atoms with Crippen LogP contribution in [0.4, 0.5) is 0 Å². The van der Waals surface area contributed by atoms with Crippen LogP contribution in [0.2, 0.25) is 0 Å². The highest BCUT2D eigenvalue weighted by Crippen LogP contribution is 2.17. The van der Waals surface area contributed by atoms with Crippen LogP contribution < -0.4 is 0 Å². The van der Waals surface area contributed by atoms with E-state index in [2.05, 4.69) is 142 Å². The molecule has 6 heteroatoms. The van der Waals surface area contributed by atoms with Crippen molar-refractivity contribution >= 4 is 17.9 Å². The number of rotatable bonds is 63. The van der Waals surface area contributed by atoms with E-state index in [1.165, 1.54) is 161 Å². The lowest BCUT2D eigenvalue weighted by Gasteiger charge is -2.18. The van der Waals surface area contributed by atoms with Gasteiger partial charge in [0.2, 0.25) is 0 Å². The summed E-state index contributed by atoms with van der Waals surface area (Å²) in [6.07, 6.45) is 97.8. The van der Waals surface area contributed by atoms with Crippen molar-refractivity contribution in [2.45, 2.75) is 335 Å². The van der Waals surface area contributed by atoms with E-state index in [9.17, 15) is 14.4 Å². The van der Waals surface area contributed by atoms with Gasteiger partial charge >= 0.3 is 17.9 Å². The second kappa shape index (κ2) is 70.3. The molecule has 83 heavy (non-hydrogen) atoms. The van der Waals surface area contributed by atoms with Crippen LogP contribution in [0.15, 0.2) is 122 Å². The van der Waals surface area contributed by atoms with Gasteiger partial charge in [0.1, 0.15) is 13.2 Å². The zero-order valence-electron chi connectivity index (χ0n) is 54.4. The van der Waals surface area contributed by atoms with Gasteiger partial charge in [-0.3, -0.25) is 14.4 Å². The van der Waals surface area contributed by atoms with Gasteiger partial charge < -0.3 is 14.2 Å². The van der Waals surface area contributed by atoms with E-state index < -0.39 is 6.10 Å². The zero-order chi connectivity index (χ0) is 59.9. The van der Waals surface area contributed by atoms with Crippen molar-refractivity contribution in [2.24, 2.45) is 0 Å². The average molecular weight is 1150 g/mol. The number of esters is 3. The topological polar surface area (TPSA) is 78.9 Å². The third kappa shape index (κ3) is 68.5. The van der Waals surface area contributed by atoms with Gasteiger partial charge in [-0.2, -0.15) is 0 Å². The van der Waals surface area contributed by atoms with Crippen molar-refractivity contribution in [3.05, 3.63) is 122 Å². The maximum atomic E-state index is 12.9. The summed E-state index contributed by atoms with van der Waals surface area (Å²) in [6, 6.07) is 0. The second-order valence-corrected chi connectivity index (χ2v) is 23.1. The molecule has 0 saturated heterocycles. The molecule has 474 valence electrons. The maximum Gasteiger partial charge on any atom is 0.306 e. The van der Waals surface area contributed by atoms with Gasteiger partial charge in [-0.25, -0.2) is 0 Å². The summed E-state index contributed by atoms with van der Waals surface area (Å²) in [5.74, 6) is -0.890. The molecule has 0 heterocycles. The Labute approximate surface area is 513 Å². The molecule has 0 rings (SSSR count). The van der Waals surface area contributed by atoms with Gasteiger partial charge in [-0.1, -0.05) is 316 Å². The highest BCUT2D eigenvalue weighted by molar-refractivity contribution is 5.71. The first-order valence-corrected chi connectivity index (χ1v) is 35.0. The van der Waals surface area contributed by atoms with Gasteiger partial charge in [-0.05, 0) is 116 Å². The van der Waals surface area contributed by atoms with Crippen LogP contribution in [0.25, 0.3) is 0 Å². The lowest BCUT2D eigenvalue weighted by Crippen LogP contribution is -2.30. The largest absolute Gasteiger partial charge is 0.462 e. The lowest BCUT2D eigenvalue weighted by atomic mass is 10.0. The summed E-state index contributed by atoms with van der Waals surface area (Å²) in [5, 5.41) is 0. The first kappa shape index (κ1) is 78.8. The molecule has 0 fully saturated rings. The zero-order valence-corrected chi connectivity index (χ0v) is 54.4. The molecule has 6 nitrogen and oxygen atoms in total. The Bertz CT molecular complexity index is 1700. The average Bonchev–Trinajstić information content (AvgIpc) is 3.49. The molecule has 0 aliphatic carbocycles. The molecule has 0 aromatic rings. The first-order valence-electron chi connectivity index (χ1n) is 35.0. The lowest BCUT2D eigenvalue weighted by molar-refractivity contribution is -0.167. The van der Waals surface area contributed by atoms with Crippen LogP contribution in [0.5, 0.6) is 0 Å². The Morgan fingerprint density at radius 2 is 0.470 bits per heavy atom. The predicted molar refractivity (Wildman–Crippen MR) is 362 cm³/mol. The number of allylic oxidation sites excluding steroid dienone is 20. The van der Waals surface area contributed by atoms with Crippen LogP contribution in [0, 0.1) is 0 Å². The third-order valence-corrected chi connectivity index (χ3v) is 15.0. The highest BCUT2D eigenvalue weighted by atomic mass is 16.6. The van der Waals surface area contributed by atoms with Crippen molar-refractivity contribution in [1.29, 1.82) is 0 Å². The second-order valence-electron chi connectivity index (χ2n) is 23.1. The molecule has 0 aliphatic rings. The van der Waals surface area contributed by atoms with E-state index in [1.807, 2.05) is 0 Å². The normalized spacial score (nSPS) is 12.9. The summed E-state index contributed by atoms with van der Waals surface area (Å²) in [5.41, 5.74) is 0. The number of hydrogen-bond donors (Lipinski definition) is 0. The molecule has 1 atom stereocenters. The van der Waals surface area contributed by atoms with Gasteiger partial charge in [0, 0.05) is 19.3 Å². The third-order valence-electron chi connectivity index (χ3n) is 15.0. The van der Waals surface area contributed by atoms with Crippen molar-refractivity contribution in [3.8, 4) is 0 Å². The Balaban J connectivity index is 4.36. The number of carbonyl (C=O) groups is 3. The van der Waals surface area contributed by atoms with Crippen LogP contribution in [-0.4, -0.2) is 37.2 Å². The summed E-state index contributed by atoms with van der Waals surface area (Å²) in [6.45, 7) is 6.52. The molecule has 0 aromatic heterocycles. The van der Waals surface area contributed by atoms with Gasteiger partial charge in [0.05, 0.1) is 0 Å². The molecular weight excluding hydrogens is 1020 g/mol. The van der Waals surface area contributed by atoms with Gasteiger partial charge in [0.25, 0.3) is 0 Å². The van der Waals surface area contributed by atoms with Crippen LogP contribution in [0.3, 0.4) is 0 Å². The van der Waals surface area contributed by atoms with Crippen LogP contribution in [0.1, 0.15) is 329 Å². The molecule has 0 radical (unpaired) electrons. The summed E-state index contributed by atoms with van der Waals surface area (Å²) < 4.78 is 17.0. The summed E-state index contributed by atoms with van der Waals surface area (Å²) in [7, 11) is 0. The molecule has 0 aromatic carbocycles. The number of hydrogen-bond acceptors (Lipinski definition) is 6. The van der Waals surface area contributed by atoms with Crippen molar-refractivity contribution in [1.82, 2.24) is 0 Å². The smallest absolute Gasteiger partial charge is 0.306 e. The number of ether oxygens (including phenoxy) is 3. The fraction of sp³-hybridized carbons (Fsp3) is 0.701. The molecule has 0 spiro atoms. The van der Waals surface area contributed by atoms with E-state index in [0.29, 0.717) is 19.3 Å².